The van der Waals surface area contributed by atoms with E-state index < -0.39 is 0 Å². The predicted octanol–water partition coefficient (Wildman–Crippen LogP) is 3.50. The van der Waals surface area contributed by atoms with E-state index in [0.29, 0.717) is 12.1 Å². The van der Waals surface area contributed by atoms with Gasteiger partial charge in [-0.2, -0.15) is 0 Å². The van der Waals surface area contributed by atoms with E-state index >= 15 is 0 Å². The van der Waals surface area contributed by atoms with Crippen molar-refractivity contribution in [1.82, 2.24) is 5.32 Å². The summed E-state index contributed by atoms with van der Waals surface area (Å²) in [5.74, 6) is 0. The van der Waals surface area contributed by atoms with Crippen LogP contribution in [0.3, 0.4) is 0 Å². The van der Waals surface area contributed by atoms with E-state index in [9.17, 15) is 0 Å². The van der Waals surface area contributed by atoms with Crippen molar-refractivity contribution in [3.63, 3.8) is 0 Å². The van der Waals surface area contributed by atoms with Crippen molar-refractivity contribution in [2.75, 3.05) is 6.54 Å². The number of nitrogens with one attached hydrogen (secondary N) is 1. The third-order valence-corrected chi connectivity index (χ3v) is 3.62. The van der Waals surface area contributed by atoms with Crippen molar-refractivity contribution in [3.05, 3.63) is 0 Å². The molecule has 0 saturated heterocycles. The standard InChI is InChI=1S/C14H29NO/c1-5-13(4)16-14(11-15-12(2)3)9-7-6-8-10-14/h12-13,15H,5-11H2,1-4H3. The Morgan fingerprint density at radius 1 is 1.12 bits per heavy atom. The average molecular weight is 227 g/mol. The Labute approximate surface area is 101 Å². The Morgan fingerprint density at radius 2 is 1.75 bits per heavy atom. The Morgan fingerprint density at radius 3 is 2.25 bits per heavy atom. The molecule has 0 aromatic carbocycles. The van der Waals surface area contributed by atoms with E-state index in [4.69, 9.17) is 4.74 Å². The molecule has 0 amide bonds. The van der Waals surface area contributed by atoms with Crippen LogP contribution < -0.4 is 5.32 Å². The van der Waals surface area contributed by atoms with Gasteiger partial charge in [0.05, 0.1) is 11.7 Å². The van der Waals surface area contributed by atoms with Crippen LogP contribution in [-0.4, -0.2) is 24.3 Å². The smallest absolute Gasteiger partial charge is 0.0810 e. The second-order valence-corrected chi connectivity index (χ2v) is 5.62. The molecule has 1 saturated carbocycles. The van der Waals surface area contributed by atoms with Gasteiger partial charge in [0.2, 0.25) is 0 Å². The second-order valence-electron chi connectivity index (χ2n) is 5.62. The summed E-state index contributed by atoms with van der Waals surface area (Å²) in [4.78, 5) is 0. The lowest BCUT2D eigenvalue weighted by molar-refractivity contribution is -0.107. The first kappa shape index (κ1) is 14.0. The van der Waals surface area contributed by atoms with Gasteiger partial charge < -0.3 is 10.1 Å². The molecule has 0 heterocycles. The highest BCUT2D eigenvalue weighted by Crippen LogP contribution is 2.32. The quantitative estimate of drug-likeness (QED) is 0.750. The molecule has 16 heavy (non-hydrogen) atoms. The molecule has 2 heteroatoms. The SMILES string of the molecule is CCC(C)OC1(CNC(C)C)CCCCC1. The minimum Gasteiger partial charge on any atom is -0.371 e. The van der Waals surface area contributed by atoms with Gasteiger partial charge in [0.25, 0.3) is 0 Å². The third kappa shape index (κ3) is 4.42. The zero-order valence-electron chi connectivity index (χ0n) is 11.5. The number of hydrogen-bond acceptors (Lipinski definition) is 2. The molecular weight excluding hydrogens is 198 g/mol. The predicted molar refractivity (Wildman–Crippen MR) is 69.8 cm³/mol. The zero-order chi connectivity index (χ0) is 12.0. The first-order chi connectivity index (χ1) is 7.58. The van der Waals surface area contributed by atoms with Crippen LogP contribution in [0.25, 0.3) is 0 Å². The molecule has 1 unspecified atom stereocenters. The van der Waals surface area contributed by atoms with Gasteiger partial charge in [0, 0.05) is 12.6 Å². The maximum Gasteiger partial charge on any atom is 0.0810 e. The van der Waals surface area contributed by atoms with Gasteiger partial charge in [-0.15, -0.1) is 0 Å². The lowest BCUT2D eigenvalue weighted by Crippen LogP contribution is -2.48. The minimum absolute atomic E-state index is 0.123. The summed E-state index contributed by atoms with van der Waals surface area (Å²) >= 11 is 0. The average Bonchev–Trinajstić information content (AvgIpc) is 2.28. The minimum atomic E-state index is 0.123. The summed E-state index contributed by atoms with van der Waals surface area (Å²) in [6.07, 6.45) is 8.02. The third-order valence-electron chi connectivity index (χ3n) is 3.62. The lowest BCUT2D eigenvalue weighted by Gasteiger charge is -2.40. The topological polar surface area (TPSA) is 21.3 Å². The van der Waals surface area contributed by atoms with Gasteiger partial charge in [-0.1, -0.05) is 40.0 Å². The molecule has 0 spiro atoms. The maximum atomic E-state index is 6.32. The molecule has 96 valence electrons. The molecule has 1 N–H and O–H groups in total. The summed E-state index contributed by atoms with van der Waals surface area (Å²) in [6.45, 7) is 9.84. The number of hydrogen-bond donors (Lipinski definition) is 1. The van der Waals surface area contributed by atoms with Gasteiger partial charge in [0.15, 0.2) is 0 Å². The molecule has 0 aromatic rings. The molecule has 1 fully saturated rings. The first-order valence-corrected chi connectivity index (χ1v) is 6.99. The van der Waals surface area contributed by atoms with Crippen molar-refractivity contribution in [2.45, 2.75) is 84.0 Å². The van der Waals surface area contributed by atoms with Crippen LogP contribution >= 0.6 is 0 Å². The molecule has 1 atom stereocenters. The Balaban J connectivity index is 2.52. The fraction of sp³-hybridized carbons (Fsp3) is 1.00. The first-order valence-electron chi connectivity index (χ1n) is 6.99. The van der Waals surface area contributed by atoms with Gasteiger partial charge in [-0.05, 0) is 26.2 Å². The molecule has 0 bridgehead atoms. The van der Waals surface area contributed by atoms with E-state index in [2.05, 4.69) is 33.0 Å². The fourth-order valence-corrected chi connectivity index (χ4v) is 2.43. The summed E-state index contributed by atoms with van der Waals surface area (Å²) in [5.41, 5.74) is 0.123. The van der Waals surface area contributed by atoms with Gasteiger partial charge in [-0.25, -0.2) is 0 Å². The zero-order valence-corrected chi connectivity index (χ0v) is 11.5. The van der Waals surface area contributed by atoms with Crippen molar-refractivity contribution in [1.29, 1.82) is 0 Å². The van der Waals surface area contributed by atoms with Crippen molar-refractivity contribution in [3.8, 4) is 0 Å². The van der Waals surface area contributed by atoms with Crippen molar-refractivity contribution < 1.29 is 4.74 Å². The summed E-state index contributed by atoms with van der Waals surface area (Å²) in [5, 5.41) is 3.56. The molecule has 0 aromatic heterocycles. The van der Waals surface area contributed by atoms with Crippen LogP contribution in [0, 0.1) is 0 Å². The molecule has 0 radical (unpaired) electrons. The van der Waals surface area contributed by atoms with E-state index in [-0.39, 0.29) is 5.60 Å². The van der Waals surface area contributed by atoms with Crippen LogP contribution in [0.4, 0.5) is 0 Å². The fourth-order valence-electron chi connectivity index (χ4n) is 2.43. The highest BCUT2D eigenvalue weighted by Gasteiger charge is 2.34. The van der Waals surface area contributed by atoms with Gasteiger partial charge in [-0.3, -0.25) is 0 Å². The molecule has 2 nitrogen and oxygen atoms in total. The van der Waals surface area contributed by atoms with E-state index in [0.717, 1.165) is 13.0 Å². The van der Waals surface area contributed by atoms with E-state index in [1.165, 1.54) is 32.1 Å². The van der Waals surface area contributed by atoms with Gasteiger partial charge >= 0.3 is 0 Å². The Bertz CT molecular complexity index is 185. The van der Waals surface area contributed by atoms with Crippen molar-refractivity contribution >= 4 is 0 Å². The highest BCUT2D eigenvalue weighted by molar-refractivity contribution is 4.88. The molecule has 1 rings (SSSR count). The number of ether oxygens (including phenoxy) is 1. The molecule has 0 aliphatic heterocycles. The summed E-state index contributed by atoms with van der Waals surface area (Å²) < 4.78 is 6.32. The second kappa shape index (κ2) is 6.61. The Kier molecular flexibility index (Phi) is 5.77. The molecule has 1 aliphatic carbocycles. The van der Waals surface area contributed by atoms with Crippen LogP contribution in [0.15, 0.2) is 0 Å². The maximum absolute atomic E-state index is 6.32. The summed E-state index contributed by atoms with van der Waals surface area (Å²) in [7, 11) is 0. The number of rotatable bonds is 6. The monoisotopic (exact) mass is 227 g/mol. The van der Waals surface area contributed by atoms with Crippen LogP contribution in [0.1, 0.15) is 66.2 Å². The van der Waals surface area contributed by atoms with E-state index in [1.54, 1.807) is 0 Å². The van der Waals surface area contributed by atoms with E-state index in [1.807, 2.05) is 0 Å². The van der Waals surface area contributed by atoms with Crippen LogP contribution in [0.5, 0.6) is 0 Å². The lowest BCUT2D eigenvalue weighted by atomic mass is 9.84. The highest BCUT2D eigenvalue weighted by atomic mass is 16.5. The normalized spacial score (nSPS) is 22.3. The molecule has 1 aliphatic rings. The summed E-state index contributed by atoms with van der Waals surface area (Å²) in [6, 6.07) is 0.555. The molecular formula is C14H29NO. The Hall–Kier alpha value is -0.0800. The van der Waals surface area contributed by atoms with Crippen LogP contribution in [0.2, 0.25) is 0 Å². The van der Waals surface area contributed by atoms with Crippen LogP contribution in [-0.2, 0) is 4.74 Å². The largest absolute Gasteiger partial charge is 0.371 e. The van der Waals surface area contributed by atoms with Crippen molar-refractivity contribution in [2.24, 2.45) is 0 Å². The van der Waals surface area contributed by atoms with Gasteiger partial charge in [0.1, 0.15) is 0 Å².